The van der Waals surface area contributed by atoms with Gasteiger partial charge in [-0.25, -0.2) is 4.79 Å². The van der Waals surface area contributed by atoms with Crippen molar-refractivity contribution >= 4 is 17.6 Å². The van der Waals surface area contributed by atoms with Gasteiger partial charge in [0.2, 0.25) is 0 Å². The van der Waals surface area contributed by atoms with E-state index in [4.69, 9.17) is 21.4 Å². The summed E-state index contributed by atoms with van der Waals surface area (Å²) in [6.45, 7) is 0. The summed E-state index contributed by atoms with van der Waals surface area (Å²) in [5.41, 5.74) is 1.79. The van der Waals surface area contributed by atoms with E-state index in [9.17, 15) is 4.79 Å². The highest BCUT2D eigenvalue weighted by atomic mass is 35.5. The molecule has 0 radical (unpaired) electrons. The van der Waals surface area contributed by atoms with E-state index in [1.165, 1.54) is 13.2 Å². The van der Waals surface area contributed by atoms with E-state index in [1.54, 1.807) is 24.3 Å². The summed E-state index contributed by atoms with van der Waals surface area (Å²) in [7, 11) is 1.50. The fraction of sp³-hybridized carbons (Fsp3) is 0.0714. The van der Waals surface area contributed by atoms with Crippen molar-refractivity contribution in [3.8, 4) is 16.9 Å². The van der Waals surface area contributed by atoms with Crippen LogP contribution in [0.4, 0.5) is 0 Å². The lowest BCUT2D eigenvalue weighted by molar-refractivity contribution is 0.0696. The normalized spacial score (nSPS) is 10.1. The molecule has 0 aliphatic heterocycles. The van der Waals surface area contributed by atoms with Crippen molar-refractivity contribution in [2.75, 3.05) is 7.11 Å². The van der Waals surface area contributed by atoms with E-state index in [1.807, 2.05) is 12.1 Å². The SMILES string of the molecule is COc1cc(C(=O)O)cc(-c2cccc(Cl)c2)c1. The Bertz CT molecular complexity index is 593. The molecule has 0 aliphatic rings. The number of hydrogen-bond donors (Lipinski definition) is 1. The number of benzene rings is 2. The summed E-state index contributed by atoms with van der Waals surface area (Å²) in [6.07, 6.45) is 0. The molecule has 3 nitrogen and oxygen atoms in total. The summed E-state index contributed by atoms with van der Waals surface area (Å²) in [5, 5.41) is 9.65. The molecule has 92 valence electrons. The molecule has 0 aliphatic carbocycles. The standard InChI is InChI=1S/C14H11ClO3/c1-18-13-7-10(5-11(8-13)14(16)17)9-3-2-4-12(15)6-9/h2-8H,1H3,(H,16,17). The maximum atomic E-state index is 11.0. The second-order valence-electron chi connectivity index (χ2n) is 3.77. The van der Waals surface area contributed by atoms with Crippen molar-refractivity contribution in [2.45, 2.75) is 0 Å². The lowest BCUT2D eigenvalue weighted by Crippen LogP contribution is -1.97. The van der Waals surface area contributed by atoms with Crippen LogP contribution in [0.5, 0.6) is 5.75 Å². The van der Waals surface area contributed by atoms with Gasteiger partial charge in [-0.05, 0) is 41.5 Å². The molecule has 0 saturated heterocycles. The summed E-state index contributed by atoms with van der Waals surface area (Å²) in [6, 6.07) is 12.1. The number of ether oxygens (including phenoxy) is 1. The van der Waals surface area contributed by atoms with E-state index in [2.05, 4.69) is 0 Å². The third-order valence-electron chi connectivity index (χ3n) is 2.55. The molecule has 0 aromatic heterocycles. The van der Waals surface area contributed by atoms with Gasteiger partial charge >= 0.3 is 5.97 Å². The second-order valence-corrected chi connectivity index (χ2v) is 4.20. The summed E-state index contributed by atoms with van der Waals surface area (Å²) >= 11 is 5.92. The van der Waals surface area contributed by atoms with E-state index in [0.29, 0.717) is 10.8 Å². The topological polar surface area (TPSA) is 46.5 Å². The fourth-order valence-electron chi connectivity index (χ4n) is 1.68. The predicted octanol–water partition coefficient (Wildman–Crippen LogP) is 3.71. The smallest absolute Gasteiger partial charge is 0.335 e. The summed E-state index contributed by atoms with van der Waals surface area (Å²) in [4.78, 5) is 11.0. The third kappa shape index (κ3) is 2.63. The number of carbonyl (C=O) groups is 1. The zero-order valence-electron chi connectivity index (χ0n) is 9.68. The van der Waals surface area contributed by atoms with Crippen LogP contribution in [0.1, 0.15) is 10.4 Å². The molecule has 2 aromatic rings. The second kappa shape index (κ2) is 5.10. The van der Waals surface area contributed by atoms with Gasteiger partial charge in [-0.15, -0.1) is 0 Å². The van der Waals surface area contributed by atoms with Crippen molar-refractivity contribution in [2.24, 2.45) is 0 Å². The average Bonchev–Trinajstić information content (AvgIpc) is 2.38. The molecule has 0 atom stereocenters. The Morgan fingerprint density at radius 1 is 1.17 bits per heavy atom. The van der Waals surface area contributed by atoms with Crippen LogP contribution < -0.4 is 4.74 Å². The molecule has 0 spiro atoms. The van der Waals surface area contributed by atoms with E-state index in [0.717, 1.165) is 11.1 Å². The molecule has 18 heavy (non-hydrogen) atoms. The molecule has 0 bridgehead atoms. The number of hydrogen-bond acceptors (Lipinski definition) is 2. The lowest BCUT2D eigenvalue weighted by atomic mass is 10.0. The quantitative estimate of drug-likeness (QED) is 0.917. The lowest BCUT2D eigenvalue weighted by Gasteiger charge is -2.07. The fourth-order valence-corrected chi connectivity index (χ4v) is 1.87. The van der Waals surface area contributed by atoms with Crippen LogP contribution in [-0.4, -0.2) is 18.2 Å². The molecule has 0 saturated carbocycles. The first-order chi connectivity index (χ1) is 8.60. The Morgan fingerprint density at radius 2 is 1.94 bits per heavy atom. The van der Waals surface area contributed by atoms with Gasteiger partial charge in [-0.3, -0.25) is 0 Å². The molecule has 0 amide bonds. The molecule has 0 heterocycles. The molecule has 4 heteroatoms. The van der Waals surface area contributed by atoms with Crippen LogP contribution in [0.25, 0.3) is 11.1 Å². The van der Waals surface area contributed by atoms with E-state index >= 15 is 0 Å². The van der Waals surface area contributed by atoms with E-state index < -0.39 is 5.97 Å². The van der Waals surface area contributed by atoms with Gasteiger partial charge in [-0.1, -0.05) is 23.7 Å². The summed E-state index contributed by atoms with van der Waals surface area (Å²) in [5.74, 6) is -0.484. The van der Waals surface area contributed by atoms with Crippen LogP contribution in [0, 0.1) is 0 Å². The predicted molar refractivity (Wildman–Crippen MR) is 70.4 cm³/mol. The maximum absolute atomic E-state index is 11.0. The molecule has 0 unspecified atom stereocenters. The Balaban J connectivity index is 2.56. The number of methoxy groups -OCH3 is 1. The van der Waals surface area contributed by atoms with Crippen LogP contribution in [0.3, 0.4) is 0 Å². The number of rotatable bonds is 3. The largest absolute Gasteiger partial charge is 0.497 e. The number of carboxylic acids is 1. The Labute approximate surface area is 110 Å². The van der Waals surface area contributed by atoms with Gasteiger partial charge in [0.1, 0.15) is 5.75 Å². The van der Waals surface area contributed by atoms with Crippen molar-refractivity contribution in [1.82, 2.24) is 0 Å². The highest BCUT2D eigenvalue weighted by Crippen LogP contribution is 2.27. The van der Waals surface area contributed by atoms with Crippen LogP contribution >= 0.6 is 11.6 Å². The highest BCUT2D eigenvalue weighted by molar-refractivity contribution is 6.30. The number of carboxylic acid groups (broad SMARTS) is 1. The Morgan fingerprint density at radius 3 is 2.56 bits per heavy atom. The minimum Gasteiger partial charge on any atom is -0.497 e. The van der Waals surface area contributed by atoms with Crippen LogP contribution in [0.2, 0.25) is 5.02 Å². The van der Waals surface area contributed by atoms with E-state index in [-0.39, 0.29) is 5.56 Å². The van der Waals surface area contributed by atoms with Gasteiger partial charge in [0.05, 0.1) is 12.7 Å². The highest BCUT2D eigenvalue weighted by Gasteiger charge is 2.09. The van der Waals surface area contributed by atoms with Gasteiger partial charge < -0.3 is 9.84 Å². The van der Waals surface area contributed by atoms with Crippen molar-refractivity contribution in [1.29, 1.82) is 0 Å². The minimum atomic E-state index is -0.989. The van der Waals surface area contributed by atoms with Gasteiger partial charge in [0.25, 0.3) is 0 Å². The summed E-state index contributed by atoms with van der Waals surface area (Å²) < 4.78 is 5.10. The maximum Gasteiger partial charge on any atom is 0.335 e. The van der Waals surface area contributed by atoms with Gasteiger partial charge in [0, 0.05) is 5.02 Å². The first-order valence-electron chi connectivity index (χ1n) is 5.28. The number of aromatic carboxylic acids is 1. The van der Waals surface area contributed by atoms with Gasteiger partial charge in [-0.2, -0.15) is 0 Å². The molecule has 2 rings (SSSR count). The average molecular weight is 263 g/mol. The molecular weight excluding hydrogens is 252 g/mol. The molecule has 1 N–H and O–H groups in total. The van der Waals surface area contributed by atoms with Crippen LogP contribution in [-0.2, 0) is 0 Å². The third-order valence-corrected chi connectivity index (χ3v) is 2.78. The van der Waals surface area contributed by atoms with Gasteiger partial charge in [0.15, 0.2) is 0 Å². The zero-order valence-corrected chi connectivity index (χ0v) is 10.4. The zero-order chi connectivity index (χ0) is 13.1. The Hall–Kier alpha value is -2.00. The van der Waals surface area contributed by atoms with Crippen molar-refractivity contribution in [3.63, 3.8) is 0 Å². The monoisotopic (exact) mass is 262 g/mol. The minimum absolute atomic E-state index is 0.185. The molecule has 0 fully saturated rings. The van der Waals surface area contributed by atoms with Crippen LogP contribution in [0.15, 0.2) is 42.5 Å². The Kier molecular flexibility index (Phi) is 3.53. The van der Waals surface area contributed by atoms with Crippen molar-refractivity contribution in [3.05, 3.63) is 53.1 Å². The number of halogens is 1. The first-order valence-corrected chi connectivity index (χ1v) is 5.66. The molecular formula is C14H11ClO3. The van der Waals surface area contributed by atoms with Crippen molar-refractivity contribution < 1.29 is 14.6 Å². The molecule has 2 aromatic carbocycles. The first kappa shape index (κ1) is 12.5.